The van der Waals surface area contributed by atoms with Crippen molar-refractivity contribution in [1.29, 1.82) is 0 Å². The number of ether oxygens (including phenoxy) is 2. The zero-order valence-electron chi connectivity index (χ0n) is 15.6. The highest BCUT2D eigenvalue weighted by molar-refractivity contribution is 5.93. The summed E-state index contributed by atoms with van der Waals surface area (Å²) in [5.74, 6) is -0.482. The Kier molecular flexibility index (Phi) is 5.46. The second-order valence-corrected chi connectivity index (χ2v) is 6.58. The SMILES string of the molecule is COc1ccc(-n2nc(C(=O)N3CC(OC)CC3CC(=O)O)cc2C)cc1. The Labute approximate surface area is 157 Å². The lowest BCUT2D eigenvalue weighted by Crippen LogP contribution is -2.37. The topological polar surface area (TPSA) is 93.9 Å². The highest BCUT2D eigenvalue weighted by Gasteiger charge is 2.37. The molecule has 8 heteroatoms. The molecule has 0 aliphatic carbocycles. The number of hydrogen-bond acceptors (Lipinski definition) is 5. The van der Waals surface area contributed by atoms with Crippen LogP contribution in [0.2, 0.25) is 0 Å². The number of rotatable bonds is 6. The summed E-state index contributed by atoms with van der Waals surface area (Å²) in [5, 5.41) is 13.6. The molecule has 2 unspecified atom stereocenters. The van der Waals surface area contributed by atoms with E-state index in [4.69, 9.17) is 14.6 Å². The van der Waals surface area contributed by atoms with E-state index in [1.807, 2.05) is 31.2 Å². The molecule has 1 saturated heterocycles. The monoisotopic (exact) mass is 373 g/mol. The number of hydrogen-bond donors (Lipinski definition) is 1. The van der Waals surface area contributed by atoms with Crippen LogP contribution in [-0.4, -0.2) is 64.6 Å². The van der Waals surface area contributed by atoms with E-state index in [9.17, 15) is 9.59 Å². The number of methoxy groups -OCH3 is 2. The van der Waals surface area contributed by atoms with Crippen molar-refractivity contribution < 1.29 is 24.2 Å². The third-order valence-corrected chi connectivity index (χ3v) is 4.80. The molecule has 2 heterocycles. The summed E-state index contributed by atoms with van der Waals surface area (Å²) in [5.41, 5.74) is 1.90. The lowest BCUT2D eigenvalue weighted by atomic mass is 10.1. The number of carbonyl (C=O) groups excluding carboxylic acids is 1. The molecule has 1 aromatic carbocycles. The minimum absolute atomic E-state index is 0.107. The summed E-state index contributed by atoms with van der Waals surface area (Å²) in [6, 6.07) is 8.68. The summed E-state index contributed by atoms with van der Waals surface area (Å²) >= 11 is 0. The number of nitrogens with zero attached hydrogens (tertiary/aromatic N) is 3. The molecule has 3 rings (SSSR count). The van der Waals surface area contributed by atoms with Crippen molar-refractivity contribution in [3.8, 4) is 11.4 Å². The molecule has 0 radical (unpaired) electrons. The number of benzene rings is 1. The van der Waals surface area contributed by atoms with Crippen molar-refractivity contribution in [3.05, 3.63) is 41.7 Å². The number of aromatic nitrogens is 2. The second-order valence-electron chi connectivity index (χ2n) is 6.58. The van der Waals surface area contributed by atoms with Crippen molar-refractivity contribution >= 4 is 11.9 Å². The minimum Gasteiger partial charge on any atom is -0.497 e. The molecule has 1 amide bonds. The predicted octanol–water partition coefficient (Wildman–Crippen LogP) is 1.89. The molecule has 1 fully saturated rings. The maximum Gasteiger partial charge on any atom is 0.305 e. The molecule has 27 heavy (non-hydrogen) atoms. The van der Waals surface area contributed by atoms with Crippen molar-refractivity contribution in [2.45, 2.75) is 31.9 Å². The van der Waals surface area contributed by atoms with Gasteiger partial charge in [-0.1, -0.05) is 0 Å². The van der Waals surface area contributed by atoms with Gasteiger partial charge in [0, 0.05) is 25.4 Å². The Balaban J connectivity index is 1.85. The first-order valence-electron chi connectivity index (χ1n) is 8.69. The number of likely N-dealkylation sites (tertiary alicyclic amines) is 1. The number of aliphatic carboxylic acids is 1. The molecule has 144 valence electrons. The third-order valence-electron chi connectivity index (χ3n) is 4.80. The maximum atomic E-state index is 13.0. The lowest BCUT2D eigenvalue weighted by Gasteiger charge is -2.22. The van der Waals surface area contributed by atoms with Gasteiger partial charge in [-0.25, -0.2) is 4.68 Å². The molecule has 1 aromatic heterocycles. The molecule has 1 aliphatic heterocycles. The standard InChI is InChI=1S/C19H23N3O5/c1-12-8-17(20-22(12)13-4-6-15(26-2)7-5-13)19(25)21-11-16(27-3)9-14(21)10-18(23)24/h4-8,14,16H,9-11H2,1-3H3,(H,23,24). The largest absolute Gasteiger partial charge is 0.497 e. The van der Waals surface area contributed by atoms with E-state index in [0.29, 0.717) is 13.0 Å². The van der Waals surface area contributed by atoms with E-state index >= 15 is 0 Å². The van der Waals surface area contributed by atoms with Gasteiger partial charge in [-0.15, -0.1) is 0 Å². The summed E-state index contributed by atoms with van der Waals surface area (Å²) in [7, 11) is 3.17. The minimum atomic E-state index is -0.936. The fourth-order valence-corrected chi connectivity index (χ4v) is 3.40. The molecular formula is C19H23N3O5. The summed E-state index contributed by atoms with van der Waals surface area (Å²) < 4.78 is 12.2. The Hall–Kier alpha value is -2.87. The average Bonchev–Trinajstić information content (AvgIpc) is 3.24. The van der Waals surface area contributed by atoms with Gasteiger partial charge in [0.2, 0.25) is 0 Å². The molecule has 0 saturated carbocycles. The summed E-state index contributed by atoms with van der Waals surface area (Å²) in [6.07, 6.45) is 0.235. The first-order chi connectivity index (χ1) is 12.9. The average molecular weight is 373 g/mol. The van der Waals surface area contributed by atoms with Crippen LogP contribution in [0.5, 0.6) is 5.75 Å². The molecule has 0 spiro atoms. The van der Waals surface area contributed by atoms with Crippen LogP contribution in [0.3, 0.4) is 0 Å². The second kappa shape index (κ2) is 7.79. The fourth-order valence-electron chi connectivity index (χ4n) is 3.40. The predicted molar refractivity (Wildman–Crippen MR) is 97.3 cm³/mol. The van der Waals surface area contributed by atoms with E-state index in [2.05, 4.69) is 5.10 Å². The van der Waals surface area contributed by atoms with Crippen LogP contribution in [0, 0.1) is 6.92 Å². The van der Waals surface area contributed by atoms with Gasteiger partial charge in [0.15, 0.2) is 5.69 Å². The van der Waals surface area contributed by atoms with Crippen molar-refractivity contribution in [2.24, 2.45) is 0 Å². The Bertz CT molecular complexity index is 830. The first kappa shape index (κ1) is 18.9. The molecule has 8 nitrogen and oxygen atoms in total. The molecular weight excluding hydrogens is 350 g/mol. The highest BCUT2D eigenvalue weighted by Crippen LogP contribution is 2.25. The van der Waals surface area contributed by atoms with Crippen molar-refractivity contribution in [1.82, 2.24) is 14.7 Å². The molecule has 1 aliphatic rings. The van der Waals surface area contributed by atoms with Gasteiger partial charge < -0.3 is 19.5 Å². The van der Waals surface area contributed by atoms with Crippen LogP contribution < -0.4 is 4.74 Å². The Morgan fingerprint density at radius 2 is 1.96 bits per heavy atom. The first-order valence-corrected chi connectivity index (χ1v) is 8.69. The Morgan fingerprint density at radius 3 is 2.56 bits per heavy atom. The van der Waals surface area contributed by atoms with E-state index in [1.54, 1.807) is 29.9 Å². The lowest BCUT2D eigenvalue weighted by molar-refractivity contribution is -0.138. The molecule has 2 aromatic rings. The zero-order chi connectivity index (χ0) is 19.6. The van der Waals surface area contributed by atoms with Gasteiger partial charge >= 0.3 is 5.97 Å². The van der Waals surface area contributed by atoms with Crippen LogP contribution in [0.1, 0.15) is 29.0 Å². The molecule has 2 atom stereocenters. The number of amides is 1. The maximum absolute atomic E-state index is 13.0. The van der Waals surface area contributed by atoms with Gasteiger partial charge in [0.25, 0.3) is 5.91 Å². The summed E-state index contributed by atoms with van der Waals surface area (Å²) in [4.78, 5) is 25.7. The van der Waals surface area contributed by atoms with E-state index in [-0.39, 0.29) is 24.1 Å². The van der Waals surface area contributed by atoms with Gasteiger partial charge in [-0.05, 0) is 43.7 Å². The van der Waals surface area contributed by atoms with Gasteiger partial charge in [0.05, 0.1) is 25.3 Å². The van der Waals surface area contributed by atoms with Crippen molar-refractivity contribution in [2.75, 3.05) is 20.8 Å². The highest BCUT2D eigenvalue weighted by atomic mass is 16.5. The van der Waals surface area contributed by atoms with Crippen LogP contribution in [0.25, 0.3) is 5.69 Å². The number of carboxylic acids is 1. The van der Waals surface area contributed by atoms with Crippen LogP contribution >= 0.6 is 0 Å². The third kappa shape index (κ3) is 3.95. The zero-order valence-corrected chi connectivity index (χ0v) is 15.6. The molecule has 1 N–H and O–H groups in total. The van der Waals surface area contributed by atoms with E-state index in [1.165, 1.54) is 0 Å². The number of aryl methyl sites for hydroxylation is 1. The normalized spacial score (nSPS) is 19.3. The van der Waals surface area contributed by atoms with E-state index in [0.717, 1.165) is 17.1 Å². The summed E-state index contributed by atoms with van der Waals surface area (Å²) in [6.45, 7) is 2.23. The number of carbonyl (C=O) groups is 2. The fraction of sp³-hybridized carbons (Fsp3) is 0.421. The van der Waals surface area contributed by atoms with Crippen molar-refractivity contribution in [3.63, 3.8) is 0 Å². The van der Waals surface area contributed by atoms with Crippen LogP contribution in [0.15, 0.2) is 30.3 Å². The smallest absolute Gasteiger partial charge is 0.305 e. The van der Waals surface area contributed by atoms with Crippen LogP contribution in [0.4, 0.5) is 0 Å². The van der Waals surface area contributed by atoms with Crippen LogP contribution in [-0.2, 0) is 9.53 Å². The van der Waals surface area contributed by atoms with Gasteiger partial charge in [-0.3, -0.25) is 9.59 Å². The van der Waals surface area contributed by atoms with Gasteiger partial charge in [-0.2, -0.15) is 5.10 Å². The number of carboxylic acid groups (broad SMARTS) is 1. The molecule has 0 bridgehead atoms. The quantitative estimate of drug-likeness (QED) is 0.831. The Morgan fingerprint density at radius 1 is 1.26 bits per heavy atom. The van der Waals surface area contributed by atoms with Gasteiger partial charge in [0.1, 0.15) is 5.75 Å². The van der Waals surface area contributed by atoms with E-state index < -0.39 is 12.0 Å².